The van der Waals surface area contributed by atoms with Crippen LogP contribution in [-0.2, 0) is 0 Å². The Morgan fingerprint density at radius 3 is 2.64 bits per heavy atom. The summed E-state index contributed by atoms with van der Waals surface area (Å²) in [5.41, 5.74) is 0.575. The van der Waals surface area contributed by atoms with E-state index in [2.05, 4.69) is 10.1 Å². The maximum Gasteiger partial charge on any atom is 0.232 e. The van der Waals surface area contributed by atoms with Crippen LogP contribution in [0.4, 0.5) is 4.39 Å². The van der Waals surface area contributed by atoms with Gasteiger partial charge in [-0.3, -0.25) is 0 Å². The second-order valence-corrected chi connectivity index (χ2v) is 4.67. The summed E-state index contributed by atoms with van der Waals surface area (Å²) in [7, 11) is 1.55. The zero-order chi connectivity index (χ0) is 15.5. The van der Waals surface area contributed by atoms with Gasteiger partial charge < -0.3 is 9.47 Å². The Balaban J connectivity index is 1.85. The molecule has 0 aliphatic rings. The summed E-state index contributed by atoms with van der Waals surface area (Å²) in [6.07, 6.45) is 3.33. The number of nitrogens with zero attached hydrogens (tertiary/aromatic N) is 3. The van der Waals surface area contributed by atoms with Gasteiger partial charge in [-0.05, 0) is 24.6 Å². The molecule has 3 rings (SSSR count). The lowest BCUT2D eigenvalue weighted by atomic mass is 10.2. The highest BCUT2D eigenvalue weighted by Gasteiger charge is 2.06. The van der Waals surface area contributed by atoms with E-state index in [0.717, 1.165) is 0 Å². The van der Waals surface area contributed by atoms with Gasteiger partial charge >= 0.3 is 0 Å². The Hall–Kier alpha value is -2.89. The zero-order valence-corrected chi connectivity index (χ0v) is 12.2. The van der Waals surface area contributed by atoms with Crippen LogP contribution in [0, 0.1) is 12.7 Å². The molecule has 5 nitrogen and oxygen atoms in total. The van der Waals surface area contributed by atoms with Crippen LogP contribution in [0.3, 0.4) is 0 Å². The van der Waals surface area contributed by atoms with E-state index in [1.807, 2.05) is 0 Å². The Morgan fingerprint density at radius 1 is 1.09 bits per heavy atom. The van der Waals surface area contributed by atoms with Crippen LogP contribution in [0.25, 0.3) is 5.82 Å². The number of hydrogen-bond donors (Lipinski definition) is 0. The SMILES string of the molecule is COc1ccn(-c2cc(Oc3ccc(C)c(F)c3)ccn2)n1. The molecule has 2 aromatic heterocycles. The Kier molecular flexibility index (Phi) is 3.74. The molecule has 22 heavy (non-hydrogen) atoms. The van der Waals surface area contributed by atoms with Crippen molar-refractivity contribution in [1.29, 1.82) is 0 Å². The summed E-state index contributed by atoms with van der Waals surface area (Å²) in [5, 5.41) is 4.19. The van der Waals surface area contributed by atoms with Crippen molar-refractivity contribution in [3.05, 3.63) is 60.2 Å². The third-order valence-electron chi connectivity index (χ3n) is 3.10. The van der Waals surface area contributed by atoms with E-state index in [9.17, 15) is 4.39 Å². The molecule has 0 N–H and O–H groups in total. The lowest BCUT2D eigenvalue weighted by Crippen LogP contribution is -1.99. The van der Waals surface area contributed by atoms with Crippen LogP contribution >= 0.6 is 0 Å². The first kappa shape index (κ1) is 14.1. The molecule has 0 amide bonds. The molecule has 112 valence electrons. The maximum absolute atomic E-state index is 13.5. The smallest absolute Gasteiger partial charge is 0.232 e. The van der Waals surface area contributed by atoms with Crippen molar-refractivity contribution < 1.29 is 13.9 Å². The molecule has 1 aromatic carbocycles. The van der Waals surface area contributed by atoms with Gasteiger partial charge in [-0.25, -0.2) is 14.1 Å². The summed E-state index contributed by atoms with van der Waals surface area (Å²) in [5.74, 6) is 1.74. The van der Waals surface area contributed by atoms with E-state index in [1.165, 1.54) is 6.07 Å². The number of ether oxygens (including phenoxy) is 2. The highest BCUT2D eigenvalue weighted by molar-refractivity contribution is 5.37. The maximum atomic E-state index is 13.5. The predicted octanol–water partition coefficient (Wildman–Crippen LogP) is 3.52. The van der Waals surface area contributed by atoms with Crippen LogP contribution < -0.4 is 9.47 Å². The van der Waals surface area contributed by atoms with Gasteiger partial charge in [0.15, 0.2) is 5.82 Å². The Labute approximate surface area is 126 Å². The fourth-order valence-corrected chi connectivity index (χ4v) is 1.91. The van der Waals surface area contributed by atoms with Crippen molar-refractivity contribution in [2.75, 3.05) is 7.11 Å². The number of benzene rings is 1. The van der Waals surface area contributed by atoms with Crippen LogP contribution in [0.15, 0.2) is 48.8 Å². The van der Waals surface area contributed by atoms with Gasteiger partial charge in [0.05, 0.1) is 7.11 Å². The summed E-state index contributed by atoms with van der Waals surface area (Å²) < 4.78 is 25.8. The normalized spacial score (nSPS) is 10.5. The number of aryl methyl sites for hydroxylation is 1. The number of halogens is 1. The highest BCUT2D eigenvalue weighted by Crippen LogP contribution is 2.24. The van der Waals surface area contributed by atoms with Gasteiger partial charge in [0.2, 0.25) is 5.88 Å². The van der Waals surface area contributed by atoms with E-state index in [-0.39, 0.29) is 5.82 Å². The largest absolute Gasteiger partial charge is 0.480 e. The van der Waals surface area contributed by atoms with Crippen molar-refractivity contribution in [1.82, 2.24) is 14.8 Å². The van der Waals surface area contributed by atoms with Gasteiger partial charge in [0.25, 0.3) is 0 Å². The van der Waals surface area contributed by atoms with E-state index in [4.69, 9.17) is 9.47 Å². The molecule has 0 saturated carbocycles. The minimum atomic E-state index is -0.302. The zero-order valence-electron chi connectivity index (χ0n) is 12.2. The molecular weight excluding hydrogens is 285 g/mol. The van der Waals surface area contributed by atoms with Crippen LogP contribution in [-0.4, -0.2) is 21.9 Å². The van der Waals surface area contributed by atoms with Gasteiger partial charge in [-0.15, -0.1) is 5.10 Å². The Morgan fingerprint density at radius 2 is 1.91 bits per heavy atom. The molecule has 0 fully saturated rings. The van der Waals surface area contributed by atoms with Crippen molar-refractivity contribution in [2.24, 2.45) is 0 Å². The Bertz CT molecular complexity index is 802. The van der Waals surface area contributed by atoms with E-state index in [0.29, 0.717) is 28.8 Å². The van der Waals surface area contributed by atoms with Gasteiger partial charge in [0.1, 0.15) is 17.3 Å². The first-order valence-electron chi connectivity index (χ1n) is 6.66. The molecule has 0 atom stereocenters. The second kappa shape index (κ2) is 5.85. The lowest BCUT2D eigenvalue weighted by Gasteiger charge is -2.08. The number of methoxy groups -OCH3 is 1. The molecule has 0 unspecified atom stereocenters. The summed E-state index contributed by atoms with van der Waals surface area (Å²) in [6, 6.07) is 9.88. The molecule has 0 radical (unpaired) electrons. The van der Waals surface area contributed by atoms with E-state index >= 15 is 0 Å². The minimum Gasteiger partial charge on any atom is -0.480 e. The van der Waals surface area contributed by atoms with Crippen molar-refractivity contribution in [3.63, 3.8) is 0 Å². The molecule has 6 heteroatoms. The second-order valence-electron chi connectivity index (χ2n) is 4.67. The van der Waals surface area contributed by atoms with Gasteiger partial charge in [-0.2, -0.15) is 0 Å². The number of rotatable bonds is 4. The topological polar surface area (TPSA) is 49.2 Å². The average molecular weight is 299 g/mol. The quantitative estimate of drug-likeness (QED) is 0.739. The molecular formula is C16H14FN3O2. The number of hydrogen-bond acceptors (Lipinski definition) is 4. The summed E-state index contributed by atoms with van der Waals surface area (Å²) >= 11 is 0. The summed E-state index contributed by atoms with van der Waals surface area (Å²) in [4.78, 5) is 4.22. The third kappa shape index (κ3) is 2.90. The minimum absolute atomic E-state index is 0.302. The average Bonchev–Trinajstić information content (AvgIpc) is 3.00. The molecule has 2 heterocycles. The van der Waals surface area contributed by atoms with E-state index < -0.39 is 0 Å². The predicted molar refractivity (Wildman–Crippen MR) is 79.1 cm³/mol. The van der Waals surface area contributed by atoms with Crippen molar-refractivity contribution in [3.8, 4) is 23.2 Å². The van der Waals surface area contributed by atoms with Crippen LogP contribution in [0.1, 0.15) is 5.56 Å². The fourth-order valence-electron chi connectivity index (χ4n) is 1.91. The lowest BCUT2D eigenvalue weighted by molar-refractivity contribution is 0.394. The number of aromatic nitrogens is 3. The molecule has 0 spiro atoms. The molecule has 0 aliphatic carbocycles. The highest BCUT2D eigenvalue weighted by atomic mass is 19.1. The molecule has 0 saturated heterocycles. The van der Waals surface area contributed by atoms with Gasteiger partial charge in [-0.1, -0.05) is 6.07 Å². The molecule has 0 aliphatic heterocycles. The monoisotopic (exact) mass is 299 g/mol. The van der Waals surface area contributed by atoms with Crippen LogP contribution in [0.2, 0.25) is 0 Å². The summed E-state index contributed by atoms with van der Waals surface area (Å²) in [6.45, 7) is 1.70. The molecule has 0 bridgehead atoms. The van der Waals surface area contributed by atoms with Crippen LogP contribution in [0.5, 0.6) is 17.4 Å². The standard InChI is InChI=1S/C16H14FN3O2/c1-11-3-4-12(9-14(11)17)22-13-5-7-18-15(10-13)20-8-6-16(19-20)21-2/h3-10H,1-2H3. The van der Waals surface area contributed by atoms with Gasteiger partial charge in [0, 0.05) is 30.6 Å². The number of pyridine rings is 1. The molecule has 3 aromatic rings. The van der Waals surface area contributed by atoms with E-state index in [1.54, 1.807) is 61.4 Å². The fraction of sp³-hybridized carbons (Fsp3) is 0.125. The third-order valence-corrected chi connectivity index (χ3v) is 3.10. The van der Waals surface area contributed by atoms with Crippen molar-refractivity contribution in [2.45, 2.75) is 6.92 Å². The van der Waals surface area contributed by atoms with Crippen molar-refractivity contribution >= 4 is 0 Å². The first-order chi connectivity index (χ1) is 10.7. The first-order valence-corrected chi connectivity index (χ1v) is 6.66.